The van der Waals surface area contributed by atoms with Gasteiger partial charge in [0.1, 0.15) is 18.1 Å². The van der Waals surface area contributed by atoms with E-state index in [0.29, 0.717) is 18.7 Å². The SMILES string of the molecule is CN(CCc1ccccn1)C(=O)CN1C(=O)C(Oc2ccc(F)cc2)C12CCCCC2. The van der Waals surface area contributed by atoms with Gasteiger partial charge < -0.3 is 14.5 Å². The topological polar surface area (TPSA) is 62.7 Å². The van der Waals surface area contributed by atoms with E-state index in [1.807, 2.05) is 18.2 Å². The van der Waals surface area contributed by atoms with Crippen LogP contribution in [-0.2, 0) is 16.0 Å². The molecular weight excluding hydrogens is 397 g/mol. The Kier molecular flexibility index (Phi) is 6.20. The molecule has 2 aromatic rings. The second-order valence-corrected chi connectivity index (χ2v) is 8.43. The molecule has 31 heavy (non-hydrogen) atoms. The first-order valence-corrected chi connectivity index (χ1v) is 10.9. The van der Waals surface area contributed by atoms with Crippen LogP contribution in [0.25, 0.3) is 0 Å². The van der Waals surface area contributed by atoms with Crippen molar-refractivity contribution in [2.45, 2.75) is 50.2 Å². The van der Waals surface area contributed by atoms with Crippen LogP contribution >= 0.6 is 0 Å². The molecular formula is C24H28FN3O3. The molecule has 1 saturated heterocycles. The quantitative estimate of drug-likeness (QED) is 0.639. The number of likely N-dealkylation sites (tertiary alicyclic amines) is 1. The number of carbonyl (C=O) groups is 2. The molecule has 1 unspecified atom stereocenters. The van der Waals surface area contributed by atoms with Gasteiger partial charge in [0.15, 0.2) is 6.10 Å². The Hall–Kier alpha value is -2.96. The number of nitrogens with zero attached hydrogens (tertiary/aromatic N) is 3. The second-order valence-electron chi connectivity index (χ2n) is 8.43. The Morgan fingerprint density at radius 2 is 1.94 bits per heavy atom. The number of hydrogen-bond acceptors (Lipinski definition) is 4. The smallest absolute Gasteiger partial charge is 0.267 e. The number of likely N-dealkylation sites (N-methyl/N-ethyl adjacent to an activating group) is 1. The number of amides is 2. The molecule has 4 rings (SSSR count). The molecule has 1 saturated carbocycles. The van der Waals surface area contributed by atoms with E-state index in [0.717, 1.165) is 37.8 Å². The van der Waals surface area contributed by atoms with Gasteiger partial charge in [-0.25, -0.2) is 4.39 Å². The molecule has 164 valence electrons. The number of hydrogen-bond donors (Lipinski definition) is 0. The molecule has 1 spiro atoms. The van der Waals surface area contributed by atoms with Crippen LogP contribution in [-0.4, -0.2) is 58.4 Å². The molecule has 0 N–H and O–H groups in total. The summed E-state index contributed by atoms with van der Waals surface area (Å²) in [5.41, 5.74) is 0.472. The zero-order valence-electron chi connectivity index (χ0n) is 17.8. The average molecular weight is 426 g/mol. The number of benzene rings is 1. The molecule has 1 aliphatic heterocycles. The van der Waals surface area contributed by atoms with E-state index in [9.17, 15) is 14.0 Å². The lowest BCUT2D eigenvalue weighted by Gasteiger charge is -2.58. The van der Waals surface area contributed by atoms with Crippen molar-refractivity contribution in [3.8, 4) is 5.75 Å². The maximum atomic E-state index is 13.2. The normalized spacial score (nSPS) is 19.7. The summed E-state index contributed by atoms with van der Waals surface area (Å²) < 4.78 is 19.2. The molecule has 1 atom stereocenters. The summed E-state index contributed by atoms with van der Waals surface area (Å²) in [6.07, 6.45) is 6.52. The molecule has 6 nitrogen and oxygen atoms in total. The summed E-state index contributed by atoms with van der Waals surface area (Å²) in [7, 11) is 1.76. The van der Waals surface area contributed by atoms with Gasteiger partial charge in [0.05, 0.1) is 5.54 Å². The van der Waals surface area contributed by atoms with Crippen LogP contribution in [0.15, 0.2) is 48.7 Å². The molecule has 2 fully saturated rings. The van der Waals surface area contributed by atoms with Crippen molar-refractivity contribution in [1.82, 2.24) is 14.8 Å². The molecule has 0 bridgehead atoms. The van der Waals surface area contributed by atoms with Crippen LogP contribution in [0.5, 0.6) is 5.75 Å². The van der Waals surface area contributed by atoms with Crippen molar-refractivity contribution in [3.63, 3.8) is 0 Å². The fourth-order valence-corrected chi connectivity index (χ4v) is 4.62. The summed E-state index contributed by atoms with van der Waals surface area (Å²) in [6.45, 7) is 0.598. The van der Waals surface area contributed by atoms with E-state index in [-0.39, 0.29) is 24.2 Å². The first-order valence-electron chi connectivity index (χ1n) is 10.9. The monoisotopic (exact) mass is 425 g/mol. The van der Waals surface area contributed by atoms with Gasteiger partial charge in [-0.15, -0.1) is 0 Å². The second kappa shape index (κ2) is 9.04. The highest BCUT2D eigenvalue weighted by Gasteiger charge is 2.62. The highest BCUT2D eigenvalue weighted by molar-refractivity contribution is 5.94. The first-order chi connectivity index (χ1) is 15.0. The van der Waals surface area contributed by atoms with E-state index < -0.39 is 11.6 Å². The number of β-lactam (4-membered cyclic amide) rings is 1. The maximum absolute atomic E-state index is 13.2. The van der Waals surface area contributed by atoms with Gasteiger partial charge in [-0.2, -0.15) is 0 Å². The Bertz CT molecular complexity index is 913. The first kappa shape index (κ1) is 21.3. The van der Waals surface area contributed by atoms with Crippen molar-refractivity contribution < 1.29 is 18.7 Å². The fraction of sp³-hybridized carbons (Fsp3) is 0.458. The average Bonchev–Trinajstić information content (AvgIpc) is 2.81. The third-order valence-corrected chi connectivity index (χ3v) is 6.45. The number of aromatic nitrogens is 1. The summed E-state index contributed by atoms with van der Waals surface area (Å²) in [6, 6.07) is 11.5. The molecule has 1 aliphatic carbocycles. The summed E-state index contributed by atoms with van der Waals surface area (Å²) >= 11 is 0. The van der Waals surface area contributed by atoms with Gasteiger partial charge in [0.2, 0.25) is 5.91 Å². The highest BCUT2D eigenvalue weighted by atomic mass is 19.1. The largest absolute Gasteiger partial charge is 0.478 e. The minimum atomic E-state index is -0.620. The third-order valence-electron chi connectivity index (χ3n) is 6.45. The van der Waals surface area contributed by atoms with Crippen molar-refractivity contribution in [1.29, 1.82) is 0 Å². The molecule has 1 aromatic heterocycles. The van der Waals surface area contributed by atoms with Gasteiger partial charge >= 0.3 is 0 Å². The number of pyridine rings is 1. The van der Waals surface area contributed by atoms with Gasteiger partial charge in [0, 0.05) is 31.9 Å². The lowest BCUT2D eigenvalue weighted by molar-refractivity contribution is -0.188. The number of carbonyl (C=O) groups excluding carboxylic acids is 2. The Morgan fingerprint density at radius 1 is 1.19 bits per heavy atom. The van der Waals surface area contributed by atoms with E-state index in [1.54, 1.807) is 35.2 Å². The lowest BCUT2D eigenvalue weighted by Crippen LogP contribution is -2.77. The van der Waals surface area contributed by atoms with Crippen molar-refractivity contribution in [3.05, 3.63) is 60.2 Å². The Morgan fingerprint density at radius 3 is 2.61 bits per heavy atom. The lowest BCUT2D eigenvalue weighted by atomic mass is 9.70. The van der Waals surface area contributed by atoms with Crippen molar-refractivity contribution >= 4 is 11.8 Å². The van der Waals surface area contributed by atoms with Crippen LogP contribution < -0.4 is 4.74 Å². The van der Waals surface area contributed by atoms with Crippen LogP contribution in [0.3, 0.4) is 0 Å². The van der Waals surface area contributed by atoms with E-state index in [4.69, 9.17) is 4.74 Å². The number of rotatable bonds is 7. The summed E-state index contributed by atoms with van der Waals surface area (Å²) in [5.74, 6) is -0.129. The number of halogens is 1. The highest BCUT2D eigenvalue weighted by Crippen LogP contribution is 2.45. The van der Waals surface area contributed by atoms with E-state index >= 15 is 0 Å². The Balaban J connectivity index is 1.41. The Labute approximate surface area is 182 Å². The van der Waals surface area contributed by atoms with Crippen LogP contribution in [0.2, 0.25) is 0 Å². The van der Waals surface area contributed by atoms with Crippen molar-refractivity contribution in [2.75, 3.05) is 20.1 Å². The fourth-order valence-electron chi connectivity index (χ4n) is 4.62. The van der Waals surface area contributed by atoms with Gasteiger partial charge in [0.25, 0.3) is 5.91 Å². The predicted molar refractivity (Wildman–Crippen MR) is 114 cm³/mol. The van der Waals surface area contributed by atoms with Gasteiger partial charge in [-0.1, -0.05) is 25.3 Å². The molecule has 0 radical (unpaired) electrons. The molecule has 7 heteroatoms. The predicted octanol–water partition coefficient (Wildman–Crippen LogP) is 3.21. The maximum Gasteiger partial charge on any atom is 0.267 e. The van der Waals surface area contributed by atoms with Gasteiger partial charge in [-0.05, 0) is 49.2 Å². The molecule has 2 aliphatic rings. The standard InChI is InChI=1S/C24H28FN3O3/c1-27(16-12-19-7-3-6-15-26-19)21(29)17-28-23(30)22(24(28)13-4-2-5-14-24)31-20-10-8-18(25)9-11-20/h3,6-11,15,22H,2,4-5,12-14,16-17H2,1H3. The molecule has 2 amide bonds. The van der Waals surface area contributed by atoms with Crippen molar-refractivity contribution in [2.24, 2.45) is 0 Å². The third kappa shape index (κ3) is 4.40. The van der Waals surface area contributed by atoms with E-state index in [1.165, 1.54) is 12.1 Å². The summed E-state index contributed by atoms with van der Waals surface area (Å²) in [4.78, 5) is 33.5. The van der Waals surface area contributed by atoms with Crippen LogP contribution in [0, 0.1) is 5.82 Å². The molecule has 2 heterocycles. The van der Waals surface area contributed by atoms with E-state index in [2.05, 4.69) is 4.98 Å². The summed E-state index contributed by atoms with van der Waals surface area (Å²) in [5, 5.41) is 0. The zero-order chi connectivity index (χ0) is 21.8. The van der Waals surface area contributed by atoms with Crippen LogP contribution in [0.1, 0.15) is 37.8 Å². The zero-order valence-corrected chi connectivity index (χ0v) is 17.8. The minimum Gasteiger partial charge on any atom is -0.478 e. The van der Waals surface area contributed by atoms with Gasteiger partial charge in [-0.3, -0.25) is 14.6 Å². The minimum absolute atomic E-state index is 0.0564. The molecule has 1 aromatic carbocycles. The number of ether oxygens (including phenoxy) is 1. The van der Waals surface area contributed by atoms with Crippen LogP contribution in [0.4, 0.5) is 4.39 Å².